The summed E-state index contributed by atoms with van der Waals surface area (Å²) in [4.78, 5) is 14.4. The Labute approximate surface area is 184 Å². The predicted octanol–water partition coefficient (Wildman–Crippen LogP) is 3.35. The van der Waals surface area contributed by atoms with Crippen LogP contribution in [0.4, 0.5) is 5.69 Å². The quantitative estimate of drug-likeness (QED) is 0.340. The van der Waals surface area contributed by atoms with Gasteiger partial charge in [0.2, 0.25) is 0 Å². The van der Waals surface area contributed by atoms with E-state index in [1.54, 1.807) is 6.07 Å². The van der Waals surface area contributed by atoms with Crippen LogP contribution < -0.4 is 10.6 Å². The molecule has 30 heavy (non-hydrogen) atoms. The van der Waals surface area contributed by atoms with Gasteiger partial charge in [0.15, 0.2) is 5.11 Å². The van der Waals surface area contributed by atoms with Crippen molar-refractivity contribution in [3.05, 3.63) is 46.8 Å². The fourth-order valence-corrected chi connectivity index (χ4v) is 3.57. The summed E-state index contributed by atoms with van der Waals surface area (Å²) in [6.07, 6.45) is 1.03. The first-order valence-corrected chi connectivity index (χ1v) is 10.8. The first-order valence-electron chi connectivity index (χ1n) is 10.4. The van der Waals surface area contributed by atoms with Gasteiger partial charge in [0, 0.05) is 6.54 Å². The van der Waals surface area contributed by atoms with Crippen LogP contribution in [-0.4, -0.2) is 59.1 Å². The van der Waals surface area contributed by atoms with E-state index in [-0.39, 0.29) is 5.97 Å². The zero-order chi connectivity index (χ0) is 22.1. The smallest absolute Gasteiger partial charge is 0.338 e. The zero-order valence-electron chi connectivity index (χ0n) is 18.6. The maximum Gasteiger partial charge on any atom is 0.338 e. The fraction of sp³-hybridized carbons (Fsp3) is 0.500. The van der Waals surface area contributed by atoms with Gasteiger partial charge in [-0.3, -0.25) is 4.68 Å². The van der Waals surface area contributed by atoms with Crippen LogP contribution in [0.3, 0.4) is 0 Å². The number of nitrogens with one attached hydrogen (secondary N) is 2. The average Bonchev–Trinajstić information content (AvgIpc) is 3.01. The van der Waals surface area contributed by atoms with Crippen LogP contribution in [0.2, 0.25) is 0 Å². The fourth-order valence-electron chi connectivity index (χ4n) is 3.36. The third-order valence-corrected chi connectivity index (χ3v) is 5.44. The molecular formula is C22H33N5O2S. The van der Waals surface area contributed by atoms with E-state index in [1.165, 1.54) is 7.11 Å². The van der Waals surface area contributed by atoms with Crippen molar-refractivity contribution in [1.29, 1.82) is 0 Å². The Morgan fingerprint density at radius 2 is 1.93 bits per heavy atom. The Hall–Kier alpha value is -2.45. The number of hydrogen-bond acceptors (Lipinski definition) is 5. The molecule has 2 aromatic rings. The molecule has 0 aliphatic heterocycles. The van der Waals surface area contributed by atoms with Crippen LogP contribution >= 0.6 is 12.2 Å². The minimum absolute atomic E-state index is 0.347. The molecule has 0 amide bonds. The number of aryl methyl sites for hydroxylation is 1. The lowest BCUT2D eigenvalue weighted by atomic mass is 10.1. The summed E-state index contributed by atoms with van der Waals surface area (Å²) in [5, 5.41) is 11.8. The molecule has 0 fully saturated rings. The first-order chi connectivity index (χ1) is 14.4. The summed E-state index contributed by atoms with van der Waals surface area (Å²) in [6, 6.07) is 7.42. The predicted molar refractivity (Wildman–Crippen MR) is 125 cm³/mol. The van der Waals surface area contributed by atoms with Crippen LogP contribution in [0.15, 0.2) is 24.3 Å². The lowest BCUT2D eigenvalue weighted by Gasteiger charge is -2.18. The third-order valence-electron chi connectivity index (χ3n) is 5.19. The molecule has 2 N–H and O–H groups in total. The number of nitrogens with zero attached hydrogens (tertiary/aromatic N) is 3. The number of thiocarbonyl (C=S) groups is 1. The Bertz CT molecular complexity index is 861. The average molecular weight is 432 g/mol. The molecule has 0 atom stereocenters. The number of ether oxygens (including phenoxy) is 1. The second kappa shape index (κ2) is 11.7. The van der Waals surface area contributed by atoms with Crippen LogP contribution in [-0.2, 0) is 11.3 Å². The summed E-state index contributed by atoms with van der Waals surface area (Å²) < 4.78 is 6.77. The number of hydrogen-bond donors (Lipinski definition) is 2. The highest BCUT2D eigenvalue weighted by Gasteiger charge is 2.16. The number of aromatic nitrogens is 2. The van der Waals surface area contributed by atoms with Crippen molar-refractivity contribution in [2.45, 2.75) is 40.7 Å². The molecule has 0 bridgehead atoms. The minimum atomic E-state index is -0.347. The van der Waals surface area contributed by atoms with Crippen molar-refractivity contribution in [2.75, 3.05) is 38.6 Å². The van der Waals surface area contributed by atoms with Crippen molar-refractivity contribution < 1.29 is 9.53 Å². The molecule has 0 spiro atoms. The monoisotopic (exact) mass is 431 g/mol. The lowest BCUT2D eigenvalue weighted by Crippen LogP contribution is -2.32. The van der Waals surface area contributed by atoms with E-state index >= 15 is 0 Å². The number of benzene rings is 1. The normalized spacial score (nSPS) is 10.9. The summed E-state index contributed by atoms with van der Waals surface area (Å²) in [6.45, 7) is 12.8. The molecule has 0 saturated carbocycles. The number of rotatable bonds is 10. The molecule has 2 rings (SSSR count). The van der Waals surface area contributed by atoms with Gasteiger partial charge in [-0.2, -0.15) is 5.10 Å². The summed E-state index contributed by atoms with van der Waals surface area (Å²) >= 11 is 5.47. The molecule has 0 aliphatic rings. The van der Waals surface area contributed by atoms with Gasteiger partial charge in [-0.05, 0) is 63.8 Å². The highest BCUT2D eigenvalue weighted by Crippen LogP contribution is 2.21. The van der Waals surface area contributed by atoms with Crippen LogP contribution in [0.25, 0.3) is 0 Å². The second-order valence-corrected chi connectivity index (χ2v) is 7.52. The van der Waals surface area contributed by atoms with E-state index in [2.05, 4.69) is 34.5 Å². The maximum atomic E-state index is 12.0. The van der Waals surface area contributed by atoms with Crippen LogP contribution in [0.1, 0.15) is 47.6 Å². The van der Waals surface area contributed by atoms with Gasteiger partial charge in [-0.1, -0.05) is 32.0 Å². The van der Waals surface area contributed by atoms with E-state index in [0.29, 0.717) is 17.2 Å². The van der Waals surface area contributed by atoms with Gasteiger partial charge in [-0.15, -0.1) is 0 Å². The Balaban J connectivity index is 2.01. The standard InChI is InChI=1S/C22H33N5O2S/c1-6-26(7-2)14-10-13-23-22(30)24-20-16(3)25-27(17(20)4)15-18-11-8-9-12-19(18)21(28)29-5/h8-9,11-12H,6-7,10,13-15H2,1-5H3,(H2,23,24,30). The summed E-state index contributed by atoms with van der Waals surface area (Å²) in [5.74, 6) is -0.347. The molecule has 1 aromatic carbocycles. The molecule has 8 heteroatoms. The van der Waals surface area contributed by atoms with Crippen molar-refractivity contribution in [2.24, 2.45) is 0 Å². The van der Waals surface area contributed by atoms with Crippen molar-refractivity contribution in [3.63, 3.8) is 0 Å². The van der Waals surface area contributed by atoms with E-state index in [4.69, 9.17) is 17.0 Å². The summed E-state index contributed by atoms with van der Waals surface area (Å²) in [5.41, 5.74) is 4.12. The molecule has 164 valence electrons. The molecule has 1 aromatic heterocycles. The highest BCUT2D eigenvalue weighted by atomic mass is 32.1. The Morgan fingerprint density at radius 1 is 1.23 bits per heavy atom. The van der Waals surface area contributed by atoms with Gasteiger partial charge >= 0.3 is 5.97 Å². The number of carbonyl (C=O) groups is 1. The van der Waals surface area contributed by atoms with Gasteiger partial charge in [0.1, 0.15) is 0 Å². The number of esters is 1. The third kappa shape index (κ3) is 6.27. The van der Waals surface area contributed by atoms with Crippen LogP contribution in [0, 0.1) is 13.8 Å². The Morgan fingerprint density at radius 3 is 2.60 bits per heavy atom. The SMILES string of the molecule is CCN(CC)CCCNC(=S)Nc1c(C)nn(Cc2ccccc2C(=O)OC)c1C. The van der Waals surface area contributed by atoms with Gasteiger partial charge in [0.25, 0.3) is 0 Å². The lowest BCUT2D eigenvalue weighted by molar-refractivity contribution is 0.0599. The van der Waals surface area contributed by atoms with Gasteiger partial charge < -0.3 is 20.3 Å². The molecule has 0 saturated heterocycles. The topological polar surface area (TPSA) is 71.4 Å². The molecular weight excluding hydrogens is 398 g/mol. The Kier molecular flexibility index (Phi) is 9.26. The first kappa shape index (κ1) is 23.8. The molecule has 7 nitrogen and oxygen atoms in total. The highest BCUT2D eigenvalue weighted by molar-refractivity contribution is 7.80. The molecule has 1 heterocycles. The van der Waals surface area contributed by atoms with Crippen LogP contribution in [0.5, 0.6) is 0 Å². The number of carbonyl (C=O) groups excluding carboxylic acids is 1. The number of anilines is 1. The number of methoxy groups -OCH3 is 1. The molecule has 0 unspecified atom stereocenters. The van der Waals surface area contributed by atoms with E-state index < -0.39 is 0 Å². The summed E-state index contributed by atoms with van der Waals surface area (Å²) in [7, 11) is 1.39. The van der Waals surface area contributed by atoms with E-state index in [0.717, 1.165) is 55.2 Å². The van der Waals surface area contributed by atoms with Crippen molar-refractivity contribution in [1.82, 2.24) is 20.0 Å². The second-order valence-electron chi connectivity index (χ2n) is 7.11. The molecule has 0 radical (unpaired) electrons. The van der Waals surface area contributed by atoms with Crippen molar-refractivity contribution >= 4 is 29.0 Å². The zero-order valence-corrected chi connectivity index (χ0v) is 19.4. The maximum absolute atomic E-state index is 12.0. The van der Waals surface area contributed by atoms with Gasteiger partial charge in [0.05, 0.1) is 36.3 Å². The molecule has 0 aliphatic carbocycles. The van der Waals surface area contributed by atoms with E-state index in [9.17, 15) is 4.79 Å². The van der Waals surface area contributed by atoms with Crippen molar-refractivity contribution in [3.8, 4) is 0 Å². The minimum Gasteiger partial charge on any atom is -0.465 e. The van der Waals surface area contributed by atoms with E-state index in [1.807, 2.05) is 36.7 Å². The van der Waals surface area contributed by atoms with Gasteiger partial charge in [-0.25, -0.2) is 4.79 Å². The largest absolute Gasteiger partial charge is 0.465 e.